The minimum absolute atomic E-state index is 0.0835. The van der Waals surface area contributed by atoms with E-state index in [9.17, 15) is 4.79 Å². The summed E-state index contributed by atoms with van der Waals surface area (Å²) in [6, 6.07) is 27.2. The number of benzene rings is 3. The van der Waals surface area contributed by atoms with Gasteiger partial charge in [0.15, 0.2) is 22.3 Å². The van der Waals surface area contributed by atoms with Crippen LogP contribution in [0.15, 0.2) is 95.0 Å². The van der Waals surface area contributed by atoms with Gasteiger partial charge in [0.05, 0.1) is 6.61 Å². The van der Waals surface area contributed by atoms with E-state index < -0.39 is 5.91 Å². The van der Waals surface area contributed by atoms with Gasteiger partial charge in [-0.05, 0) is 77.0 Å². The van der Waals surface area contributed by atoms with E-state index in [1.165, 1.54) is 10.8 Å². The second-order valence-electron chi connectivity index (χ2n) is 7.43. The lowest BCUT2D eigenvalue weighted by molar-refractivity contribution is 0.0997. The molecule has 0 bridgehead atoms. The Morgan fingerprint density at radius 1 is 0.886 bits per heavy atom. The Hall–Kier alpha value is -3.82. The fraction of sp³-hybridized carbons (Fsp3) is 0.0769. The van der Waals surface area contributed by atoms with Crippen LogP contribution in [0.25, 0.3) is 28.2 Å². The van der Waals surface area contributed by atoms with E-state index >= 15 is 0 Å². The lowest BCUT2D eigenvalue weighted by Crippen LogP contribution is -2.15. The van der Waals surface area contributed by atoms with E-state index in [4.69, 9.17) is 20.4 Å². The first-order chi connectivity index (χ1) is 17.1. The summed E-state index contributed by atoms with van der Waals surface area (Å²) in [6.07, 6.45) is 0. The van der Waals surface area contributed by atoms with Crippen LogP contribution in [0.2, 0.25) is 0 Å². The van der Waals surface area contributed by atoms with Crippen LogP contribution in [-0.2, 0) is 0 Å². The minimum atomic E-state index is -0.658. The first-order valence-corrected chi connectivity index (χ1v) is 13.1. The molecule has 1 amide bonds. The van der Waals surface area contributed by atoms with Crippen molar-refractivity contribution < 1.29 is 9.53 Å². The molecule has 0 unspecified atom stereocenters. The molecule has 0 aliphatic rings. The fourth-order valence-corrected chi connectivity index (χ4v) is 5.55. The normalized spacial score (nSPS) is 11.0. The predicted octanol–water partition coefficient (Wildman–Crippen LogP) is 5.78. The molecule has 0 radical (unpaired) electrons. The van der Waals surface area contributed by atoms with Gasteiger partial charge in [-0.25, -0.2) is 15.0 Å². The van der Waals surface area contributed by atoms with Crippen molar-refractivity contribution in [2.24, 2.45) is 5.73 Å². The Bertz CT molecular complexity index is 1470. The molecule has 2 N–H and O–H groups in total. The average molecular weight is 500 g/mol. The largest absolute Gasteiger partial charge is 0.494 e. The molecular formula is C26H21N5O2S2. The van der Waals surface area contributed by atoms with Crippen molar-refractivity contribution >= 4 is 38.7 Å². The number of nitrogens with zero attached hydrogens (tertiary/aromatic N) is 4. The number of primary amides is 1. The molecule has 0 aliphatic carbocycles. The summed E-state index contributed by atoms with van der Waals surface area (Å²) in [5.41, 5.74) is 8.32. The summed E-state index contributed by atoms with van der Waals surface area (Å²) >= 11 is 0. The number of ether oxygens (including phenoxy) is 1. The molecule has 35 heavy (non-hydrogen) atoms. The summed E-state index contributed by atoms with van der Waals surface area (Å²) in [7, 11) is 3.06. The number of fused-ring (bicyclic) bond motifs is 1. The SMILES string of the molecule is CCOc1ccc(-c2nc(C(N)=O)c3nc(SSc4ccccc4)n(-c4ccccc4)c3n2)cc1. The quantitative estimate of drug-likeness (QED) is 0.270. The second kappa shape index (κ2) is 10.2. The van der Waals surface area contributed by atoms with Crippen LogP contribution in [0.4, 0.5) is 0 Å². The molecule has 3 aromatic carbocycles. The molecule has 174 valence electrons. The van der Waals surface area contributed by atoms with Gasteiger partial charge in [-0.2, -0.15) is 0 Å². The van der Waals surface area contributed by atoms with E-state index in [0.29, 0.717) is 28.8 Å². The van der Waals surface area contributed by atoms with E-state index in [2.05, 4.69) is 4.98 Å². The highest BCUT2D eigenvalue weighted by Crippen LogP contribution is 2.39. The van der Waals surface area contributed by atoms with Crippen LogP contribution < -0.4 is 10.5 Å². The lowest BCUT2D eigenvalue weighted by Gasteiger charge is -2.09. The zero-order valence-corrected chi connectivity index (χ0v) is 20.4. The molecule has 0 fully saturated rings. The van der Waals surface area contributed by atoms with E-state index in [1.807, 2.05) is 96.4 Å². The molecule has 0 saturated carbocycles. The molecule has 9 heteroatoms. The van der Waals surface area contributed by atoms with Gasteiger partial charge in [0, 0.05) is 16.1 Å². The maximum Gasteiger partial charge on any atom is 0.269 e. The summed E-state index contributed by atoms with van der Waals surface area (Å²) in [5, 5.41) is 0.667. The minimum Gasteiger partial charge on any atom is -0.494 e. The van der Waals surface area contributed by atoms with Gasteiger partial charge in [0.2, 0.25) is 0 Å². The van der Waals surface area contributed by atoms with Crippen molar-refractivity contribution in [1.82, 2.24) is 19.5 Å². The number of hydrogen-bond acceptors (Lipinski definition) is 7. The van der Waals surface area contributed by atoms with Gasteiger partial charge in [0.25, 0.3) is 5.91 Å². The Labute approximate surface area is 210 Å². The van der Waals surface area contributed by atoms with Crippen LogP contribution in [0.1, 0.15) is 17.4 Å². The van der Waals surface area contributed by atoms with Gasteiger partial charge < -0.3 is 10.5 Å². The van der Waals surface area contributed by atoms with Crippen LogP contribution >= 0.6 is 21.6 Å². The molecule has 0 aliphatic heterocycles. The standard InChI is InChI=1S/C26H21N5O2S2/c1-2-33-19-15-13-17(14-16-19)24-28-21(23(27)32)22-25(30-24)31(18-9-5-3-6-10-18)26(29-22)35-34-20-11-7-4-8-12-20/h3-16H,2H2,1H3,(H2,27,32). The number of aromatic nitrogens is 4. The van der Waals surface area contributed by atoms with Gasteiger partial charge >= 0.3 is 0 Å². The summed E-state index contributed by atoms with van der Waals surface area (Å²) in [6.45, 7) is 2.51. The smallest absolute Gasteiger partial charge is 0.269 e. The molecule has 5 aromatic rings. The maximum absolute atomic E-state index is 12.4. The number of nitrogens with two attached hydrogens (primary N) is 1. The van der Waals surface area contributed by atoms with E-state index in [0.717, 1.165) is 21.9 Å². The predicted molar refractivity (Wildman–Crippen MR) is 140 cm³/mol. The summed E-state index contributed by atoms with van der Waals surface area (Å²) in [4.78, 5) is 27.6. The van der Waals surface area contributed by atoms with Crippen molar-refractivity contribution in [1.29, 1.82) is 0 Å². The number of para-hydroxylation sites is 1. The fourth-order valence-electron chi connectivity index (χ4n) is 3.53. The average Bonchev–Trinajstić information content (AvgIpc) is 3.27. The summed E-state index contributed by atoms with van der Waals surface area (Å²) < 4.78 is 7.47. The molecule has 0 spiro atoms. The first-order valence-electron chi connectivity index (χ1n) is 10.9. The monoisotopic (exact) mass is 499 g/mol. The van der Waals surface area contributed by atoms with Gasteiger partial charge in [0.1, 0.15) is 11.3 Å². The Kier molecular flexibility index (Phi) is 6.69. The number of imidazole rings is 1. The van der Waals surface area contributed by atoms with Crippen LogP contribution in [0.5, 0.6) is 5.75 Å². The molecule has 2 aromatic heterocycles. The number of rotatable bonds is 8. The van der Waals surface area contributed by atoms with E-state index in [1.54, 1.807) is 10.8 Å². The number of amides is 1. The zero-order valence-electron chi connectivity index (χ0n) is 18.8. The third-order valence-electron chi connectivity index (χ3n) is 5.10. The second-order valence-corrected chi connectivity index (χ2v) is 9.60. The Morgan fingerprint density at radius 2 is 1.57 bits per heavy atom. The topological polar surface area (TPSA) is 95.9 Å². The zero-order chi connectivity index (χ0) is 24.2. The number of hydrogen-bond donors (Lipinski definition) is 1. The lowest BCUT2D eigenvalue weighted by atomic mass is 10.2. The summed E-state index contributed by atoms with van der Waals surface area (Å²) in [5.74, 6) is 0.478. The van der Waals surface area contributed by atoms with Crippen molar-refractivity contribution in [2.45, 2.75) is 17.0 Å². The third kappa shape index (κ3) is 4.87. The molecule has 0 atom stereocenters. The van der Waals surface area contributed by atoms with Crippen LogP contribution in [0.3, 0.4) is 0 Å². The van der Waals surface area contributed by atoms with Crippen molar-refractivity contribution in [3.63, 3.8) is 0 Å². The first kappa shape index (κ1) is 22.9. The van der Waals surface area contributed by atoms with Crippen molar-refractivity contribution in [2.75, 3.05) is 6.61 Å². The highest BCUT2D eigenvalue weighted by Gasteiger charge is 2.23. The number of carbonyl (C=O) groups excluding carboxylic acids is 1. The van der Waals surface area contributed by atoms with Crippen molar-refractivity contribution in [3.8, 4) is 22.8 Å². The van der Waals surface area contributed by atoms with Gasteiger partial charge in [-0.1, -0.05) is 36.4 Å². The van der Waals surface area contributed by atoms with Gasteiger partial charge in [-0.3, -0.25) is 9.36 Å². The highest BCUT2D eigenvalue weighted by molar-refractivity contribution is 8.76. The molecular weight excluding hydrogens is 478 g/mol. The Balaban J connectivity index is 1.67. The van der Waals surface area contributed by atoms with E-state index in [-0.39, 0.29) is 5.69 Å². The molecule has 2 heterocycles. The molecule has 0 saturated heterocycles. The molecule has 5 rings (SSSR count). The highest BCUT2D eigenvalue weighted by atomic mass is 33.1. The van der Waals surface area contributed by atoms with Crippen LogP contribution in [-0.4, -0.2) is 32.0 Å². The maximum atomic E-state index is 12.4. The van der Waals surface area contributed by atoms with Gasteiger partial charge in [-0.15, -0.1) is 0 Å². The third-order valence-corrected chi connectivity index (χ3v) is 7.35. The van der Waals surface area contributed by atoms with Crippen molar-refractivity contribution in [3.05, 3.63) is 90.6 Å². The molecule has 7 nitrogen and oxygen atoms in total. The Morgan fingerprint density at radius 3 is 2.23 bits per heavy atom. The van der Waals surface area contributed by atoms with Crippen LogP contribution in [0, 0.1) is 0 Å². The number of carbonyl (C=O) groups is 1.